The van der Waals surface area contributed by atoms with E-state index >= 15 is 0 Å². The number of carbonyl (C=O) groups excluding carboxylic acids is 1. The van der Waals surface area contributed by atoms with Crippen molar-refractivity contribution in [1.29, 1.82) is 0 Å². The first-order valence-corrected chi connectivity index (χ1v) is 14.8. The maximum Gasteiger partial charge on any atom is 0.416 e. The Hall–Kier alpha value is -2.65. The summed E-state index contributed by atoms with van der Waals surface area (Å²) >= 11 is 1.52. The van der Waals surface area contributed by atoms with Gasteiger partial charge in [-0.25, -0.2) is 4.79 Å². The monoisotopic (exact) mass is 557 g/mol. The van der Waals surface area contributed by atoms with E-state index in [2.05, 4.69) is 11.5 Å². The number of benzene rings is 2. The number of hydrogen-bond donors (Lipinski definition) is 0. The minimum atomic E-state index is -4.38. The predicted molar refractivity (Wildman–Crippen MR) is 146 cm³/mol. The Morgan fingerprint density at radius 1 is 0.974 bits per heavy atom. The molecule has 0 aromatic heterocycles. The molecule has 208 valence electrons. The van der Waals surface area contributed by atoms with Crippen molar-refractivity contribution in [2.45, 2.75) is 79.0 Å². The first kappa shape index (κ1) is 26.6. The van der Waals surface area contributed by atoms with Crippen LogP contribution in [0, 0.1) is 0 Å². The van der Waals surface area contributed by atoms with Gasteiger partial charge in [0.15, 0.2) is 5.60 Å². The van der Waals surface area contributed by atoms with Gasteiger partial charge in [-0.05, 0) is 56.1 Å². The molecule has 4 aliphatic rings. The maximum absolute atomic E-state index is 13.5. The molecule has 3 heterocycles. The molecule has 3 fully saturated rings. The van der Waals surface area contributed by atoms with Crippen LogP contribution in [0.15, 0.2) is 64.5 Å². The number of piperidine rings is 1. The first-order chi connectivity index (χ1) is 18.7. The predicted octanol–water partition coefficient (Wildman–Crippen LogP) is 7.83. The fraction of sp³-hybridized carbons (Fsp3) is 0.500. The summed E-state index contributed by atoms with van der Waals surface area (Å²) in [4.78, 5) is 21.0. The standard InChI is InChI=1S/C30H34F3N3O2S/c1-21-29(38-28(37)36(21)23-8-3-2-4-9-23)14-18-34(19-15-29)16-7-17-35-24-10-5-6-11-26(24)39-27-13-12-22(20-25(27)35)30(31,32)33/h5-6,10-13,20,23H,1-4,7-9,14-19H2. The number of anilines is 2. The second-order valence-electron chi connectivity index (χ2n) is 11.1. The quantitative estimate of drug-likeness (QED) is 0.374. The highest BCUT2D eigenvalue weighted by molar-refractivity contribution is 7.99. The number of carbonyl (C=O) groups is 1. The Morgan fingerprint density at radius 2 is 1.69 bits per heavy atom. The molecule has 3 aliphatic heterocycles. The molecule has 1 aliphatic carbocycles. The third-order valence-electron chi connectivity index (χ3n) is 8.71. The van der Waals surface area contributed by atoms with E-state index in [0.717, 1.165) is 85.8 Å². The topological polar surface area (TPSA) is 36.0 Å². The fourth-order valence-electron chi connectivity index (χ4n) is 6.54. The zero-order valence-corrected chi connectivity index (χ0v) is 22.8. The van der Waals surface area contributed by atoms with E-state index < -0.39 is 17.3 Å². The molecule has 0 bridgehead atoms. The molecule has 1 amide bonds. The van der Waals surface area contributed by atoms with Gasteiger partial charge in [-0.3, -0.25) is 4.90 Å². The highest BCUT2D eigenvalue weighted by atomic mass is 32.2. The number of para-hydroxylation sites is 1. The summed E-state index contributed by atoms with van der Waals surface area (Å²) in [6.45, 7) is 7.36. The van der Waals surface area contributed by atoms with E-state index in [1.54, 1.807) is 6.07 Å². The number of ether oxygens (including phenoxy) is 1. The molecule has 5 nitrogen and oxygen atoms in total. The third-order valence-corrected chi connectivity index (χ3v) is 9.84. The summed E-state index contributed by atoms with van der Waals surface area (Å²) in [5.41, 5.74) is 1.17. The van der Waals surface area contributed by atoms with Crippen LogP contribution in [0.2, 0.25) is 0 Å². The second-order valence-corrected chi connectivity index (χ2v) is 12.2. The van der Waals surface area contributed by atoms with Crippen LogP contribution < -0.4 is 4.90 Å². The molecule has 1 spiro atoms. The van der Waals surface area contributed by atoms with E-state index in [9.17, 15) is 18.0 Å². The number of rotatable bonds is 5. The van der Waals surface area contributed by atoms with Gasteiger partial charge in [0, 0.05) is 48.3 Å². The van der Waals surface area contributed by atoms with Crippen molar-refractivity contribution in [3.8, 4) is 0 Å². The van der Waals surface area contributed by atoms with Crippen LogP contribution in [0.25, 0.3) is 0 Å². The summed E-state index contributed by atoms with van der Waals surface area (Å²) in [6.07, 6.45) is 3.17. The first-order valence-electron chi connectivity index (χ1n) is 13.9. The molecule has 0 atom stereocenters. The van der Waals surface area contributed by atoms with Crippen molar-refractivity contribution in [3.63, 3.8) is 0 Å². The molecular formula is C30H34F3N3O2S. The van der Waals surface area contributed by atoms with Crippen molar-refractivity contribution in [2.24, 2.45) is 0 Å². The highest BCUT2D eigenvalue weighted by Crippen LogP contribution is 2.49. The van der Waals surface area contributed by atoms with Gasteiger partial charge in [0.1, 0.15) is 0 Å². The lowest BCUT2D eigenvalue weighted by molar-refractivity contribution is -0.137. The average Bonchev–Trinajstić information content (AvgIpc) is 3.17. The molecule has 2 aromatic rings. The molecule has 0 unspecified atom stereocenters. The van der Waals surface area contributed by atoms with Crippen molar-refractivity contribution in [2.75, 3.05) is 31.1 Å². The zero-order valence-electron chi connectivity index (χ0n) is 22.0. The fourth-order valence-corrected chi connectivity index (χ4v) is 7.62. The van der Waals surface area contributed by atoms with Gasteiger partial charge < -0.3 is 14.5 Å². The third kappa shape index (κ3) is 5.04. The number of likely N-dealkylation sites (tertiary alicyclic amines) is 1. The van der Waals surface area contributed by atoms with E-state index in [0.29, 0.717) is 12.2 Å². The van der Waals surface area contributed by atoms with Crippen LogP contribution >= 0.6 is 11.8 Å². The van der Waals surface area contributed by atoms with E-state index in [-0.39, 0.29) is 12.1 Å². The van der Waals surface area contributed by atoms with Crippen LogP contribution in [0.4, 0.5) is 29.3 Å². The van der Waals surface area contributed by atoms with Crippen molar-refractivity contribution >= 4 is 29.2 Å². The summed E-state index contributed by atoms with van der Waals surface area (Å²) in [5.74, 6) is 0. The lowest BCUT2D eigenvalue weighted by Crippen LogP contribution is -2.46. The molecule has 0 radical (unpaired) electrons. The van der Waals surface area contributed by atoms with E-state index in [4.69, 9.17) is 4.74 Å². The van der Waals surface area contributed by atoms with Gasteiger partial charge >= 0.3 is 12.3 Å². The van der Waals surface area contributed by atoms with Gasteiger partial charge in [0.05, 0.1) is 22.6 Å². The van der Waals surface area contributed by atoms with Gasteiger partial charge in [-0.2, -0.15) is 13.2 Å². The van der Waals surface area contributed by atoms with Gasteiger partial charge in [-0.1, -0.05) is 49.7 Å². The maximum atomic E-state index is 13.5. The summed E-state index contributed by atoms with van der Waals surface area (Å²) in [7, 11) is 0. The number of halogens is 3. The Kier molecular flexibility index (Phi) is 7.08. The largest absolute Gasteiger partial charge is 0.436 e. The minimum Gasteiger partial charge on any atom is -0.436 e. The van der Waals surface area contributed by atoms with Crippen LogP contribution in [-0.4, -0.2) is 53.7 Å². The van der Waals surface area contributed by atoms with Crippen LogP contribution in [0.3, 0.4) is 0 Å². The highest BCUT2D eigenvalue weighted by Gasteiger charge is 2.52. The lowest BCUT2D eigenvalue weighted by Gasteiger charge is -2.39. The van der Waals surface area contributed by atoms with Gasteiger partial charge in [0.2, 0.25) is 0 Å². The second kappa shape index (κ2) is 10.4. The summed E-state index contributed by atoms with van der Waals surface area (Å²) in [5, 5.41) is 0. The van der Waals surface area contributed by atoms with Crippen molar-refractivity contribution < 1.29 is 22.7 Å². The van der Waals surface area contributed by atoms with E-state index in [1.807, 2.05) is 34.1 Å². The Labute approximate surface area is 232 Å². The smallest absolute Gasteiger partial charge is 0.416 e. The van der Waals surface area contributed by atoms with Crippen molar-refractivity contribution in [3.05, 3.63) is 60.3 Å². The Balaban J connectivity index is 1.10. The minimum absolute atomic E-state index is 0.211. The lowest BCUT2D eigenvalue weighted by atomic mass is 9.86. The molecule has 2 aromatic carbocycles. The van der Waals surface area contributed by atoms with Crippen LogP contribution in [0.1, 0.15) is 56.9 Å². The molecule has 0 N–H and O–H groups in total. The summed E-state index contributed by atoms with van der Waals surface area (Å²) < 4.78 is 46.5. The number of amides is 1. The Bertz CT molecular complexity index is 1250. The number of nitrogens with zero attached hydrogens (tertiary/aromatic N) is 3. The zero-order chi connectivity index (χ0) is 27.2. The number of hydrogen-bond acceptors (Lipinski definition) is 5. The molecule has 39 heavy (non-hydrogen) atoms. The molecular weight excluding hydrogens is 523 g/mol. The Morgan fingerprint density at radius 3 is 2.44 bits per heavy atom. The normalized spacial score (nSPS) is 21.7. The van der Waals surface area contributed by atoms with Crippen molar-refractivity contribution in [1.82, 2.24) is 9.80 Å². The van der Waals surface area contributed by atoms with Gasteiger partial charge in [0.25, 0.3) is 0 Å². The van der Waals surface area contributed by atoms with Crippen LogP contribution in [0.5, 0.6) is 0 Å². The molecule has 2 saturated heterocycles. The SMILES string of the molecule is C=C1N(C2CCCCC2)C(=O)OC12CCN(CCCN1c3ccccc3Sc3ccc(C(F)(F)F)cc31)CC2. The number of alkyl halides is 3. The summed E-state index contributed by atoms with van der Waals surface area (Å²) in [6, 6.07) is 12.1. The average molecular weight is 558 g/mol. The molecule has 9 heteroatoms. The number of fused-ring (bicyclic) bond motifs is 2. The van der Waals surface area contributed by atoms with Crippen LogP contribution in [-0.2, 0) is 10.9 Å². The molecule has 6 rings (SSSR count). The molecule has 1 saturated carbocycles. The van der Waals surface area contributed by atoms with Gasteiger partial charge in [-0.15, -0.1) is 0 Å². The van der Waals surface area contributed by atoms with E-state index in [1.165, 1.54) is 30.3 Å².